The molecule has 0 spiro atoms. The van der Waals surface area contributed by atoms with Crippen LogP contribution in [0.5, 0.6) is 0 Å². The number of fused-ring (bicyclic) bond motifs is 1. The molecule has 39 heavy (non-hydrogen) atoms. The molecule has 2 heterocycles. The topological polar surface area (TPSA) is 26.8 Å². The zero-order chi connectivity index (χ0) is 27.6. The fraction of sp³-hybridized carbons (Fsp3) is 0.457. The molecule has 2 aliphatic heterocycles. The van der Waals surface area contributed by atoms with Crippen molar-refractivity contribution in [3.63, 3.8) is 0 Å². The average molecular weight is 524 g/mol. The summed E-state index contributed by atoms with van der Waals surface area (Å²) in [5.74, 6) is 2.97. The Morgan fingerprint density at radius 2 is 1.90 bits per heavy atom. The van der Waals surface area contributed by atoms with Crippen LogP contribution < -0.4 is 0 Å². The van der Waals surface area contributed by atoms with Crippen LogP contribution in [0.2, 0.25) is 0 Å². The van der Waals surface area contributed by atoms with Gasteiger partial charge in [0.1, 0.15) is 0 Å². The second-order valence-corrected chi connectivity index (χ2v) is 11.0. The van der Waals surface area contributed by atoms with E-state index in [4.69, 9.17) is 6.42 Å². The van der Waals surface area contributed by atoms with Crippen molar-refractivity contribution in [3.05, 3.63) is 76.9 Å². The Hall–Kier alpha value is -3.13. The summed E-state index contributed by atoms with van der Waals surface area (Å²) in [6, 6.07) is 14.1. The van der Waals surface area contributed by atoms with Crippen LogP contribution in [0.1, 0.15) is 62.3 Å². The molecular formula is C35H45N3O. The van der Waals surface area contributed by atoms with E-state index in [-0.39, 0.29) is 5.91 Å². The third-order valence-electron chi connectivity index (χ3n) is 8.27. The van der Waals surface area contributed by atoms with Crippen molar-refractivity contribution in [1.82, 2.24) is 14.7 Å². The summed E-state index contributed by atoms with van der Waals surface area (Å²) >= 11 is 0. The first-order valence-corrected chi connectivity index (χ1v) is 14.7. The van der Waals surface area contributed by atoms with E-state index in [9.17, 15) is 4.79 Å². The van der Waals surface area contributed by atoms with Gasteiger partial charge in [0.25, 0.3) is 0 Å². The Labute approximate surface area is 236 Å². The number of nitrogens with zero attached hydrogens (tertiary/aromatic N) is 3. The zero-order valence-electron chi connectivity index (χ0n) is 24.2. The van der Waals surface area contributed by atoms with E-state index in [1.165, 1.54) is 46.2 Å². The molecule has 1 amide bonds. The summed E-state index contributed by atoms with van der Waals surface area (Å²) in [4.78, 5) is 20.0. The first-order valence-electron chi connectivity index (χ1n) is 14.7. The van der Waals surface area contributed by atoms with Gasteiger partial charge in [0, 0.05) is 51.7 Å². The maximum atomic E-state index is 13.1. The minimum absolute atomic E-state index is 0.279. The number of carbonyl (C=O) groups is 1. The molecule has 0 radical (unpaired) electrons. The van der Waals surface area contributed by atoms with Crippen LogP contribution >= 0.6 is 0 Å². The van der Waals surface area contributed by atoms with Crippen LogP contribution in [-0.2, 0) is 24.2 Å². The lowest BCUT2D eigenvalue weighted by molar-refractivity contribution is -0.134. The lowest BCUT2D eigenvalue weighted by atomic mass is 9.89. The van der Waals surface area contributed by atoms with Crippen LogP contribution in [0.15, 0.2) is 54.6 Å². The number of rotatable bonds is 10. The molecule has 4 nitrogen and oxygen atoms in total. The summed E-state index contributed by atoms with van der Waals surface area (Å²) in [5.41, 5.74) is 7.85. The number of allylic oxidation sites excluding steroid dienone is 3. The predicted molar refractivity (Wildman–Crippen MR) is 164 cm³/mol. The highest BCUT2D eigenvalue weighted by Crippen LogP contribution is 2.31. The molecule has 2 aromatic rings. The average Bonchev–Trinajstić information content (AvgIpc) is 2.96. The molecule has 4 rings (SSSR count). The van der Waals surface area contributed by atoms with Crippen molar-refractivity contribution in [2.75, 3.05) is 39.3 Å². The lowest BCUT2D eigenvalue weighted by Crippen LogP contribution is -2.53. The molecule has 0 aromatic heterocycles. The third-order valence-corrected chi connectivity index (χ3v) is 8.27. The summed E-state index contributed by atoms with van der Waals surface area (Å²) < 4.78 is 0. The van der Waals surface area contributed by atoms with Crippen molar-refractivity contribution in [2.24, 2.45) is 0 Å². The van der Waals surface area contributed by atoms with E-state index >= 15 is 0 Å². The monoisotopic (exact) mass is 523 g/mol. The van der Waals surface area contributed by atoms with Crippen molar-refractivity contribution < 1.29 is 4.79 Å². The highest BCUT2D eigenvalue weighted by atomic mass is 16.2. The number of hydrogen-bond donors (Lipinski definition) is 0. The molecule has 1 atom stereocenters. The van der Waals surface area contributed by atoms with Gasteiger partial charge < -0.3 is 4.90 Å². The van der Waals surface area contributed by atoms with Gasteiger partial charge in [0.05, 0.1) is 6.54 Å². The third kappa shape index (κ3) is 7.50. The van der Waals surface area contributed by atoms with Crippen molar-refractivity contribution in [3.8, 4) is 23.5 Å². The van der Waals surface area contributed by atoms with E-state index in [0.717, 1.165) is 52.1 Å². The predicted octanol–water partition coefficient (Wildman–Crippen LogP) is 6.20. The smallest absolute Gasteiger partial charge is 0.236 e. The Kier molecular flexibility index (Phi) is 10.6. The number of carbonyl (C=O) groups excluding carboxylic acids is 1. The number of amides is 1. The molecule has 0 saturated carbocycles. The van der Waals surface area contributed by atoms with Crippen LogP contribution in [0.25, 0.3) is 17.2 Å². The second-order valence-electron chi connectivity index (χ2n) is 11.0. The van der Waals surface area contributed by atoms with Crippen LogP contribution in [0.3, 0.4) is 0 Å². The number of piperazine rings is 1. The van der Waals surface area contributed by atoms with Gasteiger partial charge in [-0.3, -0.25) is 14.6 Å². The summed E-state index contributed by atoms with van der Waals surface area (Å²) in [6.45, 7) is 12.6. The molecule has 1 saturated heterocycles. The Morgan fingerprint density at radius 3 is 2.64 bits per heavy atom. The standard InChI is InChI=1S/C35H45N3O/c1-5-8-10-13-29-14-11-16-34(33(29)15-9-6-2)31-17-18-32-26-36(20-19-30(32)25-31)27-35(39)38-23-21-37(22-24-38)28(4)12-7-3/h1,6,9-11,13-14,16-18,25,28H,7-8,12,15,19-24,26-27H2,2-4H3/b9-6+,13-10+. The molecular weight excluding hydrogens is 478 g/mol. The molecule has 1 fully saturated rings. The fourth-order valence-electron chi connectivity index (χ4n) is 5.97. The molecule has 1 unspecified atom stereocenters. The molecule has 0 aliphatic carbocycles. The van der Waals surface area contributed by atoms with Crippen LogP contribution in [0, 0.1) is 12.3 Å². The maximum absolute atomic E-state index is 13.1. The quantitative estimate of drug-likeness (QED) is 0.274. The maximum Gasteiger partial charge on any atom is 0.236 e. The van der Waals surface area contributed by atoms with E-state index in [1.54, 1.807) is 0 Å². The van der Waals surface area contributed by atoms with E-state index in [0.29, 0.717) is 19.0 Å². The van der Waals surface area contributed by atoms with E-state index in [1.807, 2.05) is 0 Å². The molecule has 2 aliphatic rings. The first-order chi connectivity index (χ1) is 19.0. The molecule has 4 heteroatoms. The highest BCUT2D eigenvalue weighted by Gasteiger charge is 2.26. The number of hydrogen-bond acceptors (Lipinski definition) is 3. The van der Waals surface area contributed by atoms with E-state index < -0.39 is 0 Å². The molecule has 0 bridgehead atoms. The summed E-state index contributed by atoms with van der Waals surface area (Å²) in [5, 5.41) is 0. The molecule has 206 valence electrons. The minimum Gasteiger partial charge on any atom is -0.339 e. The zero-order valence-corrected chi connectivity index (χ0v) is 24.2. The fourth-order valence-corrected chi connectivity index (χ4v) is 5.97. The van der Waals surface area contributed by atoms with Gasteiger partial charge in [0.15, 0.2) is 0 Å². The Balaban J connectivity index is 1.42. The van der Waals surface area contributed by atoms with Crippen molar-refractivity contribution >= 4 is 12.0 Å². The van der Waals surface area contributed by atoms with Gasteiger partial charge in [-0.05, 0) is 66.5 Å². The first kappa shape index (κ1) is 28.9. The SMILES string of the molecule is C#CC/C=C/c1cccc(-c2ccc3c(c2)CCN(CC(=O)N2CCN(C(C)CCC)CC2)C3)c1C/C=C/C. The van der Waals surface area contributed by atoms with Crippen LogP contribution in [0.4, 0.5) is 0 Å². The van der Waals surface area contributed by atoms with Gasteiger partial charge in [-0.2, -0.15) is 0 Å². The minimum atomic E-state index is 0.279. The van der Waals surface area contributed by atoms with Crippen molar-refractivity contribution in [2.45, 2.75) is 65.5 Å². The number of terminal acetylenes is 1. The van der Waals surface area contributed by atoms with Crippen molar-refractivity contribution in [1.29, 1.82) is 0 Å². The Morgan fingerprint density at radius 1 is 1.08 bits per heavy atom. The molecule has 2 aromatic carbocycles. The lowest BCUT2D eigenvalue weighted by Gasteiger charge is -2.39. The Bertz CT molecular complexity index is 1210. The van der Waals surface area contributed by atoms with Gasteiger partial charge in [-0.1, -0.05) is 74.0 Å². The summed E-state index contributed by atoms with van der Waals surface area (Å²) in [6.07, 6.45) is 19.0. The number of benzene rings is 2. The normalized spacial score (nSPS) is 17.4. The summed E-state index contributed by atoms with van der Waals surface area (Å²) in [7, 11) is 0. The molecule has 0 N–H and O–H groups in total. The second kappa shape index (κ2) is 14.3. The van der Waals surface area contributed by atoms with Gasteiger partial charge >= 0.3 is 0 Å². The van der Waals surface area contributed by atoms with Gasteiger partial charge in [-0.15, -0.1) is 12.3 Å². The van der Waals surface area contributed by atoms with E-state index in [2.05, 4.69) is 102 Å². The highest BCUT2D eigenvalue weighted by molar-refractivity contribution is 5.78. The van der Waals surface area contributed by atoms with Gasteiger partial charge in [-0.25, -0.2) is 0 Å². The van der Waals surface area contributed by atoms with Crippen LogP contribution in [-0.4, -0.2) is 65.9 Å². The largest absolute Gasteiger partial charge is 0.339 e. The van der Waals surface area contributed by atoms with Gasteiger partial charge in [0.2, 0.25) is 5.91 Å².